The van der Waals surface area contributed by atoms with Crippen LogP contribution in [0.4, 0.5) is 13.2 Å². The zero-order valence-electron chi connectivity index (χ0n) is 17.5. The van der Waals surface area contributed by atoms with Crippen LogP contribution in [-0.4, -0.2) is 11.6 Å². The highest BCUT2D eigenvalue weighted by atomic mass is 19.2. The first kappa shape index (κ1) is 21.5. The number of rotatable bonds is 5. The van der Waals surface area contributed by atoms with E-state index >= 15 is 0 Å². The fourth-order valence-corrected chi connectivity index (χ4v) is 3.21. The van der Waals surface area contributed by atoms with Crippen LogP contribution in [0.5, 0.6) is 5.75 Å². The predicted molar refractivity (Wildman–Crippen MR) is 120 cm³/mol. The molecule has 4 aromatic rings. The second-order valence-electron chi connectivity index (χ2n) is 7.35. The molecule has 0 amide bonds. The molecule has 0 aliphatic heterocycles. The highest BCUT2D eigenvalue weighted by Gasteiger charge is 2.07. The number of hydrogen-bond acceptors (Lipinski definition) is 2. The van der Waals surface area contributed by atoms with Crippen LogP contribution in [0.25, 0.3) is 22.0 Å². The molecule has 4 rings (SSSR count). The Bertz CT molecular complexity index is 1320. The van der Waals surface area contributed by atoms with Crippen molar-refractivity contribution in [3.8, 4) is 28.8 Å². The summed E-state index contributed by atoms with van der Waals surface area (Å²) in [6, 6.07) is 15.6. The molecule has 0 saturated carbocycles. The third-order valence-electron chi connectivity index (χ3n) is 4.99. The maximum Gasteiger partial charge on any atom is 0.159 e. The summed E-state index contributed by atoms with van der Waals surface area (Å²) in [5, 5.41) is 1.10. The van der Waals surface area contributed by atoms with Gasteiger partial charge in [-0.05, 0) is 65.7 Å². The van der Waals surface area contributed by atoms with Gasteiger partial charge in [0.15, 0.2) is 11.6 Å². The second kappa shape index (κ2) is 9.57. The Morgan fingerprint density at radius 2 is 1.62 bits per heavy atom. The summed E-state index contributed by atoms with van der Waals surface area (Å²) in [7, 11) is 0. The Balaban J connectivity index is 1.53. The molecule has 0 aliphatic carbocycles. The summed E-state index contributed by atoms with van der Waals surface area (Å²) in [5.41, 5.74) is 2.08. The number of aromatic nitrogens is 1. The highest BCUT2D eigenvalue weighted by Crippen LogP contribution is 2.23. The van der Waals surface area contributed by atoms with E-state index in [1.807, 2.05) is 6.07 Å². The maximum absolute atomic E-state index is 14.6. The Hall–Kier alpha value is -3.78. The van der Waals surface area contributed by atoms with E-state index in [0.717, 1.165) is 25.0 Å². The number of ether oxygens (including phenoxy) is 1. The molecular formula is C27H20F3NO. The van der Waals surface area contributed by atoms with Crippen LogP contribution in [-0.2, 0) is 0 Å². The maximum atomic E-state index is 14.6. The largest absolute Gasteiger partial charge is 0.492 e. The Labute approximate surface area is 184 Å². The molecule has 1 heterocycles. The van der Waals surface area contributed by atoms with Crippen molar-refractivity contribution in [2.24, 2.45) is 0 Å². The van der Waals surface area contributed by atoms with E-state index in [1.165, 1.54) is 6.07 Å². The minimum absolute atomic E-state index is 0.235. The molecule has 0 fully saturated rings. The van der Waals surface area contributed by atoms with Crippen LogP contribution in [0.1, 0.15) is 30.9 Å². The van der Waals surface area contributed by atoms with E-state index in [9.17, 15) is 13.2 Å². The molecule has 0 radical (unpaired) electrons. The zero-order valence-corrected chi connectivity index (χ0v) is 17.5. The minimum atomic E-state index is -0.918. The molecule has 0 unspecified atom stereocenters. The van der Waals surface area contributed by atoms with Gasteiger partial charge in [-0.25, -0.2) is 13.2 Å². The summed E-state index contributed by atoms with van der Waals surface area (Å²) in [4.78, 5) is 4.35. The molecule has 160 valence electrons. The summed E-state index contributed by atoms with van der Waals surface area (Å²) in [6.07, 6.45) is 3.66. The van der Waals surface area contributed by atoms with Crippen LogP contribution in [0.15, 0.2) is 66.9 Å². The van der Waals surface area contributed by atoms with Gasteiger partial charge < -0.3 is 4.74 Å². The number of benzene rings is 3. The van der Waals surface area contributed by atoms with Crippen molar-refractivity contribution in [1.82, 2.24) is 4.98 Å². The van der Waals surface area contributed by atoms with Crippen LogP contribution in [0.3, 0.4) is 0 Å². The molecule has 0 aliphatic rings. The number of unbranched alkanes of at least 4 members (excludes halogenated alkanes) is 1. The zero-order chi connectivity index (χ0) is 22.5. The predicted octanol–water partition coefficient (Wildman–Crippen LogP) is 6.90. The molecule has 0 bridgehead atoms. The van der Waals surface area contributed by atoms with E-state index in [1.54, 1.807) is 42.6 Å². The van der Waals surface area contributed by atoms with Gasteiger partial charge in [0.25, 0.3) is 0 Å². The summed E-state index contributed by atoms with van der Waals surface area (Å²) < 4.78 is 47.1. The van der Waals surface area contributed by atoms with Gasteiger partial charge in [-0.15, -0.1) is 0 Å². The Morgan fingerprint density at radius 1 is 0.812 bits per heavy atom. The SMILES string of the molecule is CCCCOc1ccc(-c2ccc(C#Cc3ccc4cc(F)c(F)cc4c3)c(F)c2)nc1. The van der Waals surface area contributed by atoms with Crippen LogP contribution >= 0.6 is 0 Å². The number of fused-ring (bicyclic) bond motifs is 1. The molecule has 5 heteroatoms. The van der Waals surface area contributed by atoms with Gasteiger partial charge >= 0.3 is 0 Å². The first-order valence-corrected chi connectivity index (χ1v) is 10.3. The summed E-state index contributed by atoms with van der Waals surface area (Å²) in [5.74, 6) is 4.09. The highest BCUT2D eigenvalue weighted by molar-refractivity contribution is 5.84. The van der Waals surface area contributed by atoms with E-state index in [-0.39, 0.29) is 5.56 Å². The lowest BCUT2D eigenvalue weighted by Crippen LogP contribution is -1.97. The van der Waals surface area contributed by atoms with Crippen molar-refractivity contribution in [1.29, 1.82) is 0 Å². The van der Waals surface area contributed by atoms with Crippen molar-refractivity contribution in [2.45, 2.75) is 19.8 Å². The number of hydrogen-bond donors (Lipinski definition) is 0. The Kier molecular flexibility index (Phi) is 6.42. The lowest BCUT2D eigenvalue weighted by Gasteiger charge is -2.06. The van der Waals surface area contributed by atoms with Crippen molar-refractivity contribution >= 4 is 10.8 Å². The van der Waals surface area contributed by atoms with E-state index in [4.69, 9.17) is 4.74 Å². The van der Waals surface area contributed by atoms with Crippen LogP contribution in [0, 0.1) is 29.3 Å². The molecule has 0 saturated heterocycles. The monoisotopic (exact) mass is 431 g/mol. The fraction of sp³-hybridized carbons (Fsp3) is 0.148. The third-order valence-corrected chi connectivity index (χ3v) is 4.99. The van der Waals surface area contributed by atoms with Crippen molar-refractivity contribution in [2.75, 3.05) is 6.61 Å². The lowest BCUT2D eigenvalue weighted by atomic mass is 10.1. The van der Waals surface area contributed by atoms with Crippen LogP contribution < -0.4 is 4.74 Å². The number of halogens is 3. The second-order valence-corrected chi connectivity index (χ2v) is 7.35. The molecule has 0 atom stereocenters. The average Bonchev–Trinajstić information content (AvgIpc) is 2.80. The molecule has 3 aromatic carbocycles. The van der Waals surface area contributed by atoms with Gasteiger partial charge in [0, 0.05) is 11.1 Å². The first-order valence-electron chi connectivity index (χ1n) is 10.3. The molecule has 0 N–H and O–H groups in total. The van der Waals surface area contributed by atoms with Gasteiger partial charge in [-0.2, -0.15) is 0 Å². The van der Waals surface area contributed by atoms with Crippen LogP contribution in [0.2, 0.25) is 0 Å². The van der Waals surface area contributed by atoms with E-state index in [2.05, 4.69) is 23.7 Å². The molecular weight excluding hydrogens is 411 g/mol. The lowest BCUT2D eigenvalue weighted by molar-refractivity contribution is 0.308. The van der Waals surface area contributed by atoms with E-state index < -0.39 is 17.5 Å². The average molecular weight is 431 g/mol. The first-order chi connectivity index (χ1) is 15.5. The van der Waals surface area contributed by atoms with E-state index in [0.29, 0.717) is 39.9 Å². The fourth-order valence-electron chi connectivity index (χ4n) is 3.21. The molecule has 32 heavy (non-hydrogen) atoms. The third kappa shape index (κ3) is 4.92. The smallest absolute Gasteiger partial charge is 0.159 e. The van der Waals surface area contributed by atoms with Gasteiger partial charge in [0.05, 0.1) is 24.1 Å². The number of nitrogens with zero attached hydrogens (tertiary/aromatic N) is 1. The van der Waals surface area contributed by atoms with Gasteiger partial charge in [-0.3, -0.25) is 4.98 Å². The van der Waals surface area contributed by atoms with Gasteiger partial charge in [-0.1, -0.05) is 37.3 Å². The van der Waals surface area contributed by atoms with Crippen molar-refractivity contribution < 1.29 is 17.9 Å². The number of pyridine rings is 1. The molecule has 1 aromatic heterocycles. The van der Waals surface area contributed by atoms with Gasteiger partial charge in [0.2, 0.25) is 0 Å². The topological polar surface area (TPSA) is 22.1 Å². The van der Waals surface area contributed by atoms with Crippen molar-refractivity contribution in [3.05, 3.63) is 95.4 Å². The molecule has 0 spiro atoms. The Morgan fingerprint density at radius 3 is 2.34 bits per heavy atom. The van der Waals surface area contributed by atoms with Gasteiger partial charge in [0.1, 0.15) is 11.6 Å². The minimum Gasteiger partial charge on any atom is -0.492 e. The van der Waals surface area contributed by atoms with Crippen molar-refractivity contribution in [3.63, 3.8) is 0 Å². The summed E-state index contributed by atoms with van der Waals surface area (Å²) >= 11 is 0. The molecule has 2 nitrogen and oxygen atoms in total. The quantitative estimate of drug-likeness (QED) is 0.253. The normalized spacial score (nSPS) is 10.6. The summed E-state index contributed by atoms with van der Waals surface area (Å²) in [6.45, 7) is 2.74. The standard InChI is InChI=1S/C27H20F3NO/c1-2-3-12-32-23-10-11-27(31-17-23)21-9-8-19(24(28)15-21)6-4-18-5-7-20-14-25(29)26(30)16-22(20)13-18/h5,7-11,13-17H,2-3,12H2,1H3.